The van der Waals surface area contributed by atoms with E-state index in [0.29, 0.717) is 13.2 Å². The fraction of sp³-hybridized carbons (Fsp3) is 0.286. The molecule has 0 aliphatic carbocycles. The van der Waals surface area contributed by atoms with Crippen molar-refractivity contribution in [1.29, 1.82) is 0 Å². The van der Waals surface area contributed by atoms with E-state index in [-0.39, 0.29) is 5.92 Å². The summed E-state index contributed by atoms with van der Waals surface area (Å²) in [6.07, 6.45) is 2.58. The van der Waals surface area contributed by atoms with E-state index in [4.69, 9.17) is 10.5 Å². The molecule has 1 aliphatic heterocycles. The lowest BCUT2D eigenvalue weighted by Crippen LogP contribution is -2.11. The van der Waals surface area contributed by atoms with E-state index < -0.39 is 0 Å². The van der Waals surface area contributed by atoms with Crippen molar-refractivity contribution < 1.29 is 4.74 Å². The second-order valence-corrected chi connectivity index (χ2v) is 4.35. The van der Waals surface area contributed by atoms with Crippen LogP contribution in [0.5, 0.6) is 5.75 Å². The van der Waals surface area contributed by atoms with E-state index in [9.17, 15) is 0 Å². The highest BCUT2D eigenvalue weighted by Gasteiger charge is 2.27. The van der Waals surface area contributed by atoms with Crippen molar-refractivity contribution in [3.8, 4) is 5.75 Å². The van der Waals surface area contributed by atoms with Crippen LogP contribution in [0.3, 0.4) is 0 Å². The molecule has 2 aromatic rings. The van der Waals surface area contributed by atoms with Crippen LogP contribution in [-0.4, -0.2) is 23.1 Å². The van der Waals surface area contributed by atoms with Gasteiger partial charge in [-0.3, -0.25) is 0 Å². The largest absolute Gasteiger partial charge is 0.492 e. The van der Waals surface area contributed by atoms with Crippen LogP contribution in [0.15, 0.2) is 36.5 Å². The lowest BCUT2D eigenvalue weighted by Gasteiger charge is -2.08. The van der Waals surface area contributed by atoms with Gasteiger partial charge in [0.1, 0.15) is 18.2 Å². The Bertz CT molecular complexity index is 556. The zero-order valence-electron chi connectivity index (χ0n) is 10.0. The molecule has 18 heavy (non-hydrogen) atoms. The summed E-state index contributed by atoms with van der Waals surface area (Å²) in [4.78, 5) is 8.94. The number of rotatable bonds is 3. The van der Waals surface area contributed by atoms with Crippen molar-refractivity contribution >= 4 is 0 Å². The molecule has 2 heterocycles. The van der Waals surface area contributed by atoms with Gasteiger partial charge in [0, 0.05) is 23.9 Å². The van der Waals surface area contributed by atoms with Gasteiger partial charge in [0.2, 0.25) is 0 Å². The van der Waals surface area contributed by atoms with Gasteiger partial charge in [-0.1, -0.05) is 18.2 Å². The molecule has 92 valence electrons. The maximum atomic E-state index is 5.66. The third kappa shape index (κ3) is 1.95. The summed E-state index contributed by atoms with van der Waals surface area (Å²) in [5.41, 5.74) is 7.72. The molecular formula is C14H15N3O. The molecule has 0 saturated carbocycles. The number of para-hydroxylation sites is 1. The summed E-state index contributed by atoms with van der Waals surface area (Å²) < 4.78 is 5.66. The maximum absolute atomic E-state index is 5.66. The molecule has 0 fully saturated rings. The highest BCUT2D eigenvalue weighted by molar-refractivity contribution is 5.42. The molecule has 2 N–H and O–H groups in total. The summed E-state index contributed by atoms with van der Waals surface area (Å²) in [5.74, 6) is 1.90. The van der Waals surface area contributed by atoms with Gasteiger partial charge in [0.05, 0.1) is 5.92 Å². The lowest BCUT2D eigenvalue weighted by atomic mass is 10.0. The van der Waals surface area contributed by atoms with Crippen LogP contribution < -0.4 is 10.5 Å². The molecular weight excluding hydrogens is 226 g/mol. The van der Waals surface area contributed by atoms with Gasteiger partial charge in [-0.25, -0.2) is 9.97 Å². The molecule has 0 amide bonds. The molecule has 1 aliphatic rings. The van der Waals surface area contributed by atoms with Gasteiger partial charge in [-0.2, -0.15) is 0 Å². The molecule has 0 radical (unpaired) electrons. The SMILES string of the molecule is NCCc1ccnc(C2COc3ccccc32)n1. The normalized spacial score (nSPS) is 17.3. The fourth-order valence-corrected chi connectivity index (χ4v) is 2.24. The zero-order valence-corrected chi connectivity index (χ0v) is 10.0. The first kappa shape index (κ1) is 11.2. The lowest BCUT2D eigenvalue weighted by molar-refractivity contribution is 0.339. The van der Waals surface area contributed by atoms with Crippen LogP contribution in [0.1, 0.15) is 23.0 Å². The number of nitrogens with zero attached hydrogens (tertiary/aromatic N) is 2. The minimum Gasteiger partial charge on any atom is -0.492 e. The Morgan fingerprint density at radius 1 is 1.28 bits per heavy atom. The average molecular weight is 241 g/mol. The summed E-state index contributed by atoms with van der Waals surface area (Å²) in [7, 11) is 0. The number of hydrogen-bond donors (Lipinski definition) is 1. The van der Waals surface area contributed by atoms with Crippen LogP contribution >= 0.6 is 0 Å². The first-order chi connectivity index (χ1) is 8.88. The van der Waals surface area contributed by atoms with Crippen LogP contribution in [-0.2, 0) is 6.42 Å². The Hall–Kier alpha value is -1.94. The van der Waals surface area contributed by atoms with Gasteiger partial charge in [0.25, 0.3) is 0 Å². The smallest absolute Gasteiger partial charge is 0.139 e. The van der Waals surface area contributed by atoms with Gasteiger partial charge in [0.15, 0.2) is 0 Å². The van der Waals surface area contributed by atoms with Crippen molar-refractivity contribution in [3.63, 3.8) is 0 Å². The standard InChI is InChI=1S/C14H15N3O/c15-7-5-10-6-8-16-14(17-10)12-9-18-13-4-2-1-3-11(12)13/h1-4,6,8,12H,5,7,9,15H2. The topological polar surface area (TPSA) is 61.0 Å². The van der Waals surface area contributed by atoms with Gasteiger partial charge in [-0.15, -0.1) is 0 Å². The number of aromatic nitrogens is 2. The molecule has 4 nitrogen and oxygen atoms in total. The van der Waals surface area contributed by atoms with E-state index >= 15 is 0 Å². The second-order valence-electron chi connectivity index (χ2n) is 4.35. The molecule has 0 spiro atoms. The average Bonchev–Trinajstić information content (AvgIpc) is 2.83. The summed E-state index contributed by atoms with van der Waals surface area (Å²) >= 11 is 0. The number of ether oxygens (including phenoxy) is 1. The van der Waals surface area contributed by atoms with Gasteiger partial charge >= 0.3 is 0 Å². The molecule has 1 unspecified atom stereocenters. The predicted octanol–water partition coefficient (Wildman–Crippen LogP) is 1.50. The molecule has 3 rings (SSSR count). The number of benzene rings is 1. The fourth-order valence-electron chi connectivity index (χ4n) is 2.24. The molecule has 0 saturated heterocycles. The molecule has 1 aromatic heterocycles. The Morgan fingerprint density at radius 2 is 2.17 bits per heavy atom. The zero-order chi connectivity index (χ0) is 12.4. The maximum Gasteiger partial charge on any atom is 0.139 e. The van der Waals surface area contributed by atoms with Crippen LogP contribution in [0.2, 0.25) is 0 Å². The van der Waals surface area contributed by atoms with E-state index in [1.807, 2.05) is 24.3 Å². The molecule has 0 bridgehead atoms. The Kier molecular flexibility index (Phi) is 2.94. The van der Waals surface area contributed by atoms with Crippen LogP contribution in [0.4, 0.5) is 0 Å². The molecule has 1 atom stereocenters. The Morgan fingerprint density at radius 3 is 3.06 bits per heavy atom. The third-order valence-corrected chi connectivity index (χ3v) is 3.14. The third-order valence-electron chi connectivity index (χ3n) is 3.14. The minimum atomic E-state index is 0.138. The van der Waals surface area contributed by atoms with Crippen molar-refractivity contribution in [2.45, 2.75) is 12.3 Å². The number of nitrogens with two attached hydrogens (primary N) is 1. The quantitative estimate of drug-likeness (QED) is 0.884. The van der Waals surface area contributed by atoms with E-state index in [2.05, 4.69) is 16.0 Å². The highest BCUT2D eigenvalue weighted by Crippen LogP contribution is 2.36. The first-order valence-electron chi connectivity index (χ1n) is 6.12. The van der Waals surface area contributed by atoms with E-state index in [1.54, 1.807) is 6.20 Å². The minimum absolute atomic E-state index is 0.138. The summed E-state index contributed by atoms with van der Waals surface area (Å²) in [6, 6.07) is 9.97. The number of hydrogen-bond acceptors (Lipinski definition) is 4. The van der Waals surface area contributed by atoms with E-state index in [1.165, 1.54) is 5.56 Å². The van der Waals surface area contributed by atoms with Crippen molar-refractivity contribution in [2.24, 2.45) is 5.73 Å². The molecule has 1 aromatic carbocycles. The van der Waals surface area contributed by atoms with Crippen molar-refractivity contribution in [2.75, 3.05) is 13.2 Å². The molecule has 4 heteroatoms. The van der Waals surface area contributed by atoms with Gasteiger partial charge < -0.3 is 10.5 Å². The Balaban J connectivity index is 1.94. The van der Waals surface area contributed by atoms with Gasteiger partial charge in [-0.05, 0) is 18.7 Å². The monoisotopic (exact) mass is 241 g/mol. The predicted molar refractivity (Wildman–Crippen MR) is 68.6 cm³/mol. The first-order valence-corrected chi connectivity index (χ1v) is 6.12. The summed E-state index contributed by atoms with van der Waals surface area (Å²) in [6.45, 7) is 1.22. The Labute approximate surface area is 106 Å². The van der Waals surface area contributed by atoms with Crippen LogP contribution in [0.25, 0.3) is 0 Å². The van der Waals surface area contributed by atoms with Crippen molar-refractivity contribution in [3.05, 3.63) is 53.6 Å². The summed E-state index contributed by atoms with van der Waals surface area (Å²) in [5, 5.41) is 0. The van der Waals surface area contributed by atoms with Crippen LogP contribution in [0, 0.1) is 0 Å². The van der Waals surface area contributed by atoms with Crippen molar-refractivity contribution in [1.82, 2.24) is 9.97 Å². The van der Waals surface area contributed by atoms with E-state index in [0.717, 1.165) is 23.7 Å². The number of fused-ring (bicyclic) bond motifs is 1. The highest BCUT2D eigenvalue weighted by atomic mass is 16.5. The second kappa shape index (κ2) is 4.74.